The molecule has 1 unspecified atom stereocenters. The van der Waals surface area contributed by atoms with E-state index in [0.29, 0.717) is 0 Å². The van der Waals surface area contributed by atoms with Gasteiger partial charge in [-0.2, -0.15) is 0 Å². The van der Waals surface area contributed by atoms with Crippen LogP contribution in [-0.2, 0) is 0 Å². The van der Waals surface area contributed by atoms with E-state index in [2.05, 4.69) is 13.5 Å². The van der Waals surface area contributed by atoms with Crippen LogP contribution < -0.4 is 5.73 Å². The lowest BCUT2D eigenvalue weighted by molar-refractivity contribution is 0.561. The van der Waals surface area contributed by atoms with Crippen LogP contribution in [0.5, 0.6) is 0 Å². The van der Waals surface area contributed by atoms with Gasteiger partial charge >= 0.3 is 0 Å². The fourth-order valence-corrected chi connectivity index (χ4v) is 1.45. The summed E-state index contributed by atoms with van der Waals surface area (Å²) in [7, 11) is 0. The second-order valence-corrected chi connectivity index (χ2v) is 3.81. The van der Waals surface area contributed by atoms with Gasteiger partial charge in [0.2, 0.25) is 0 Å². The first-order chi connectivity index (χ1) is 6.31. The molecule has 0 amide bonds. The van der Waals surface area contributed by atoms with E-state index in [1.54, 1.807) is 0 Å². The van der Waals surface area contributed by atoms with E-state index in [-0.39, 0.29) is 6.04 Å². The zero-order valence-electron chi connectivity index (χ0n) is 9.10. The van der Waals surface area contributed by atoms with Crippen molar-refractivity contribution in [3.63, 3.8) is 0 Å². The summed E-state index contributed by atoms with van der Waals surface area (Å²) >= 11 is 0. The molecule has 13 heavy (non-hydrogen) atoms. The highest BCUT2D eigenvalue weighted by molar-refractivity contribution is 4.81. The second-order valence-electron chi connectivity index (χ2n) is 3.81. The summed E-state index contributed by atoms with van der Waals surface area (Å²) < 4.78 is 0. The Balaban J connectivity index is 2.95. The molecule has 0 aliphatic heterocycles. The van der Waals surface area contributed by atoms with Crippen LogP contribution in [0.15, 0.2) is 12.7 Å². The van der Waals surface area contributed by atoms with Crippen molar-refractivity contribution in [2.24, 2.45) is 5.73 Å². The molecule has 1 heteroatoms. The number of unbranched alkanes of at least 4 members (excludes halogenated alkanes) is 6. The molecule has 78 valence electrons. The van der Waals surface area contributed by atoms with Crippen molar-refractivity contribution in [2.45, 2.75) is 64.3 Å². The van der Waals surface area contributed by atoms with Crippen LogP contribution in [0.3, 0.4) is 0 Å². The first-order valence-electron chi connectivity index (χ1n) is 5.69. The van der Waals surface area contributed by atoms with E-state index >= 15 is 0 Å². The minimum absolute atomic E-state index is 0.218. The molecule has 0 heterocycles. The van der Waals surface area contributed by atoms with Crippen molar-refractivity contribution in [1.29, 1.82) is 0 Å². The molecular weight excluding hydrogens is 158 g/mol. The van der Waals surface area contributed by atoms with Crippen molar-refractivity contribution in [1.82, 2.24) is 0 Å². The van der Waals surface area contributed by atoms with Crippen LogP contribution in [0.4, 0.5) is 0 Å². The van der Waals surface area contributed by atoms with E-state index < -0.39 is 0 Å². The molecule has 0 spiro atoms. The molecule has 0 aromatic heterocycles. The summed E-state index contributed by atoms with van der Waals surface area (Å²) in [4.78, 5) is 0. The van der Waals surface area contributed by atoms with E-state index in [0.717, 1.165) is 6.42 Å². The minimum atomic E-state index is 0.218. The summed E-state index contributed by atoms with van der Waals surface area (Å²) in [6.07, 6.45) is 12.5. The monoisotopic (exact) mass is 183 g/mol. The summed E-state index contributed by atoms with van der Waals surface area (Å²) in [6, 6.07) is 0.218. The molecule has 0 aromatic rings. The van der Waals surface area contributed by atoms with Gasteiger partial charge in [0.15, 0.2) is 0 Å². The molecule has 1 atom stereocenters. The highest BCUT2D eigenvalue weighted by Crippen LogP contribution is 2.09. The standard InChI is InChI=1S/C12H25N/c1-3-5-6-7-8-9-10-11-12(13)4-2/h4,12H,2-3,5-11,13H2,1H3. The first-order valence-corrected chi connectivity index (χ1v) is 5.69. The molecule has 0 bridgehead atoms. The molecule has 0 fully saturated rings. The van der Waals surface area contributed by atoms with Gasteiger partial charge in [-0.25, -0.2) is 0 Å². The Hall–Kier alpha value is -0.300. The third-order valence-electron chi connectivity index (χ3n) is 2.44. The molecule has 0 radical (unpaired) electrons. The van der Waals surface area contributed by atoms with Crippen LogP contribution >= 0.6 is 0 Å². The van der Waals surface area contributed by atoms with Crippen molar-refractivity contribution in [3.8, 4) is 0 Å². The summed E-state index contributed by atoms with van der Waals surface area (Å²) in [5, 5.41) is 0. The van der Waals surface area contributed by atoms with Crippen molar-refractivity contribution >= 4 is 0 Å². The molecule has 0 rings (SSSR count). The number of hydrogen-bond acceptors (Lipinski definition) is 1. The Labute approximate surface area is 83.4 Å². The smallest absolute Gasteiger partial charge is 0.0221 e. The molecule has 0 aliphatic carbocycles. The predicted octanol–water partition coefficient (Wildman–Crippen LogP) is 3.64. The Morgan fingerprint density at radius 1 is 1.08 bits per heavy atom. The van der Waals surface area contributed by atoms with E-state index in [1.807, 2.05) is 6.08 Å². The molecule has 0 saturated heterocycles. The van der Waals surface area contributed by atoms with E-state index in [9.17, 15) is 0 Å². The van der Waals surface area contributed by atoms with Gasteiger partial charge in [0.1, 0.15) is 0 Å². The van der Waals surface area contributed by atoms with Gasteiger partial charge < -0.3 is 5.73 Å². The predicted molar refractivity (Wildman–Crippen MR) is 60.8 cm³/mol. The third-order valence-corrected chi connectivity index (χ3v) is 2.44. The van der Waals surface area contributed by atoms with Crippen molar-refractivity contribution in [2.75, 3.05) is 0 Å². The maximum Gasteiger partial charge on any atom is 0.0221 e. The highest BCUT2D eigenvalue weighted by Gasteiger charge is 1.95. The number of nitrogens with two attached hydrogens (primary N) is 1. The maximum absolute atomic E-state index is 5.72. The zero-order chi connectivity index (χ0) is 9.94. The van der Waals surface area contributed by atoms with Gasteiger partial charge in [0.25, 0.3) is 0 Å². The molecule has 2 N–H and O–H groups in total. The Bertz CT molecular complexity index is 110. The zero-order valence-corrected chi connectivity index (χ0v) is 9.10. The summed E-state index contributed by atoms with van der Waals surface area (Å²) in [5.74, 6) is 0. The third kappa shape index (κ3) is 9.62. The average Bonchev–Trinajstić information content (AvgIpc) is 2.16. The lowest BCUT2D eigenvalue weighted by Gasteiger charge is -2.05. The highest BCUT2D eigenvalue weighted by atomic mass is 14.6. The van der Waals surface area contributed by atoms with Crippen LogP contribution in [0, 0.1) is 0 Å². The first kappa shape index (κ1) is 12.7. The average molecular weight is 183 g/mol. The van der Waals surface area contributed by atoms with Gasteiger partial charge in [-0.05, 0) is 6.42 Å². The molecule has 0 aromatic carbocycles. The van der Waals surface area contributed by atoms with Gasteiger partial charge in [-0.1, -0.05) is 57.9 Å². The summed E-state index contributed by atoms with van der Waals surface area (Å²) in [5.41, 5.74) is 5.72. The van der Waals surface area contributed by atoms with Crippen LogP contribution in [-0.4, -0.2) is 6.04 Å². The Morgan fingerprint density at radius 2 is 1.62 bits per heavy atom. The quantitative estimate of drug-likeness (QED) is 0.428. The maximum atomic E-state index is 5.72. The Morgan fingerprint density at radius 3 is 2.15 bits per heavy atom. The summed E-state index contributed by atoms with van der Waals surface area (Å²) in [6.45, 7) is 5.93. The van der Waals surface area contributed by atoms with Crippen molar-refractivity contribution in [3.05, 3.63) is 12.7 Å². The van der Waals surface area contributed by atoms with E-state index in [1.165, 1.54) is 44.9 Å². The van der Waals surface area contributed by atoms with E-state index in [4.69, 9.17) is 5.73 Å². The van der Waals surface area contributed by atoms with Crippen molar-refractivity contribution < 1.29 is 0 Å². The Kier molecular flexibility index (Phi) is 9.56. The number of hydrogen-bond donors (Lipinski definition) is 1. The number of rotatable bonds is 9. The largest absolute Gasteiger partial charge is 0.324 e. The molecule has 0 aliphatic rings. The van der Waals surface area contributed by atoms with Gasteiger partial charge in [-0.3, -0.25) is 0 Å². The SMILES string of the molecule is C=CC(N)CCCCCCCCC. The molecule has 1 nitrogen and oxygen atoms in total. The minimum Gasteiger partial charge on any atom is -0.324 e. The van der Waals surface area contributed by atoms with Crippen LogP contribution in [0.25, 0.3) is 0 Å². The van der Waals surface area contributed by atoms with Gasteiger partial charge in [0, 0.05) is 6.04 Å². The van der Waals surface area contributed by atoms with Gasteiger partial charge in [-0.15, -0.1) is 6.58 Å². The fraction of sp³-hybridized carbons (Fsp3) is 0.833. The topological polar surface area (TPSA) is 26.0 Å². The second kappa shape index (κ2) is 9.79. The lowest BCUT2D eigenvalue weighted by atomic mass is 10.1. The molecule has 0 saturated carbocycles. The fourth-order valence-electron chi connectivity index (χ4n) is 1.45. The lowest BCUT2D eigenvalue weighted by Crippen LogP contribution is -2.15. The van der Waals surface area contributed by atoms with Crippen LogP contribution in [0.2, 0.25) is 0 Å². The van der Waals surface area contributed by atoms with Crippen LogP contribution in [0.1, 0.15) is 58.3 Å². The molecular formula is C12H25N. The normalized spacial score (nSPS) is 12.8. The van der Waals surface area contributed by atoms with Gasteiger partial charge in [0.05, 0.1) is 0 Å².